The van der Waals surface area contributed by atoms with Gasteiger partial charge in [-0.3, -0.25) is 9.48 Å². The number of rotatable bonds is 5. The Kier molecular flexibility index (Phi) is 4.41. The van der Waals surface area contributed by atoms with Gasteiger partial charge >= 0.3 is 5.97 Å². The topological polar surface area (TPSA) is 111 Å². The summed E-state index contributed by atoms with van der Waals surface area (Å²) in [4.78, 5) is 29.2. The predicted molar refractivity (Wildman–Crippen MR) is 97.4 cm³/mol. The SMILES string of the molecule is O=C(O)c1nn(CCO)c2c1CN(C(=O)Cc1c[nH]c3ccccc13)CC2. The molecule has 3 aromatic rings. The van der Waals surface area contributed by atoms with Gasteiger partial charge in [0, 0.05) is 47.9 Å². The maximum Gasteiger partial charge on any atom is 0.356 e. The molecule has 8 heteroatoms. The molecule has 2 aromatic heterocycles. The van der Waals surface area contributed by atoms with Crippen LogP contribution in [0.1, 0.15) is 27.3 Å². The number of H-pyrrole nitrogens is 1. The first-order valence-corrected chi connectivity index (χ1v) is 8.84. The fourth-order valence-electron chi connectivity index (χ4n) is 3.71. The number of aliphatic hydroxyl groups excluding tert-OH is 1. The molecule has 0 unspecified atom stereocenters. The van der Waals surface area contributed by atoms with E-state index in [9.17, 15) is 14.7 Å². The van der Waals surface area contributed by atoms with Gasteiger partial charge in [-0.15, -0.1) is 0 Å². The van der Waals surface area contributed by atoms with Crippen LogP contribution < -0.4 is 0 Å². The molecule has 0 spiro atoms. The molecular weight excluding hydrogens is 348 g/mol. The van der Waals surface area contributed by atoms with Crippen molar-refractivity contribution < 1.29 is 19.8 Å². The predicted octanol–water partition coefficient (Wildman–Crippen LogP) is 1.18. The van der Waals surface area contributed by atoms with Crippen molar-refractivity contribution in [2.45, 2.75) is 25.9 Å². The number of nitrogens with zero attached hydrogens (tertiary/aromatic N) is 3. The molecule has 0 radical (unpaired) electrons. The van der Waals surface area contributed by atoms with Crippen LogP contribution in [0.15, 0.2) is 30.5 Å². The van der Waals surface area contributed by atoms with Gasteiger partial charge in [0.2, 0.25) is 5.91 Å². The molecule has 0 bridgehead atoms. The molecule has 1 aliphatic rings. The number of aliphatic hydroxyl groups is 1. The number of carbonyl (C=O) groups is 2. The molecule has 0 aliphatic carbocycles. The third-order valence-corrected chi connectivity index (χ3v) is 5.02. The summed E-state index contributed by atoms with van der Waals surface area (Å²) >= 11 is 0. The van der Waals surface area contributed by atoms with E-state index in [1.807, 2.05) is 30.5 Å². The van der Waals surface area contributed by atoms with E-state index in [4.69, 9.17) is 5.11 Å². The molecule has 1 aliphatic heterocycles. The van der Waals surface area contributed by atoms with E-state index in [-0.39, 0.29) is 37.7 Å². The summed E-state index contributed by atoms with van der Waals surface area (Å²) in [5, 5.41) is 23.7. The van der Waals surface area contributed by atoms with Crippen molar-refractivity contribution in [1.82, 2.24) is 19.7 Å². The normalized spacial score (nSPS) is 13.7. The lowest BCUT2D eigenvalue weighted by atomic mass is 10.0. The molecule has 3 heterocycles. The minimum atomic E-state index is -1.12. The van der Waals surface area contributed by atoms with Gasteiger partial charge in [0.25, 0.3) is 0 Å². The molecule has 8 nitrogen and oxygen atoms in total. The maximum atomic E-state index is 12.8. The number of aromatic amines is 1. The summed E-state index contributed by atoms with van der Waals surface area (Å²) in [7, 11) is 0. The fraction of sp³-hybridized carbons (Fsp3) is 0.316. The van der Waals surface area contributed by atoms with Crippen molar-refractivity contribution in [2.75, 3.05) is 13.2 Å². The number of amides is 1. The first-order valence-electron chi connectivity index (χ1n) is 8.84. The number of hydrogen-bond donors (Lipinski definition) is 3. The van der Waals surface area contributed by atoms with Crippen LogP contribution in [0, 0.1) is 0 Å². The number of aromatic carboxylic acids is 1. The zero-order chi connectivity index (χ0) is 19.0. The van der Waals surface area contributed by atoms with E-state index >= 15 is 0 Å². The van der Waals surface area contributed by atoms with Crippen LogP contribution in [-0.2, 0) is 30.7 Å². The Morgan fingerprint density at radius 1 is 1.26 bits per heavy atom. The first-order chi connectivity index (χ1) is 13.1. The van der Waals surface area contributed by atoms with Gasteiger partial charge in [0.05, 0.1) is 19.6 Å². The summed E-state index contributed by atoms with van der Waals surface area (Å²) in [6, 6.07) is 7.81. The maximum absolute atomic E-state index is 12.8. The minimum Gasteiger partial charge on any atom is -0.476 e. The lowest BCUT2D eigenvalue weighted by Crippen LogP contribution is -2.37. The molecule has 1 amide bonds. The quantitative estimate of drug-likeness (QED) is 0.626. The van der Waals surface area contributed by atoms with Crippen LogP contribution in [-0.4, -0.2) is 54.9 Å². The smallest absolute Gasteiger partial charge is 0.356 e. The average molecular weight is 368 g/mol. The standard InChI is InChI=1S/C19H20N4O4/c24-8-7-23-16-5-6-22(11-14(16)18(21-23)19(26)27)17(25)9-12-10-20-15-4-2-1-3-13(12)15/h1-4,10,20,24H,5-9,11H2,(H,26,27). The van der Waals surface area contributed by atoms with Gasteiger partial charge in [-0.2, -0.15) is 5.10 Å². The molecule has 4 rings (SSSR count). The summed E-state index contributed by atoms with van der Waals surface area (Å²) < 4.78 is 1.54. The van der Waals surface area contributed by atoms with E-state index < -0.39 is 5.97 Å². The number of carbonyl (C=O) groups excluding carboxylic acids is 1. The Morgan fingerprint density at radius 3 is 2.85 bits per heavy atom. The number of nitrogens with one attached hydrogen (secondary N) is 1. The lowest BCUT2D eigenvalue weighted by molar-refractivity contribution is -0.131. The molecule has 0 atom stereocenters. The molecule has 1 aromatic carbocycles. The third-order valence-electron chi connectivity index (χ3n) is 5.02. The largest absolute Gasteiger partial charge is 0.476 e. The van der Waals surface area contributed by atoms with Gasteiger partial charge in [-0.1, -0.05) is 18.2 Å². The van der Waals surface area contributed by atoms with Crippen LogP contribution in [0.2, 0.25) is 0 Å². The first kappa shape index (κ1) is 17.3. The van der Waals surface area contributed by atoms with E-state index in [2.05, 4.69) is 10.1 Å². The van der Waals surface area contributed by atoms with Crippen molar-refractivity contribution in [3.63, 3.8) is 0 Å². The van der Waals surface area contributed by atoms with Crippen molar-refractivity contribution in [2.24, 2.45) is 0 Å². The van der Waals surface area contributed by atoms with Gasteiger partial charge in [-0.25, -0.2) is 4.79 Å². The van der Waals surface area contributed by atoms with Gasteiger partial charge in [0.1, 0.15) is 0 Å². The fourth-order valence-corrected chi connectivity index (χ4v) is 3.71. The van der Waals surface area contributed by atoms with Gasteiger partial charge < -0.3 is 20.1 Å². The molecule has 27 heavy (non-hydrogen) atoms. The van der Waals surface area contributed by atoms with E-state index in [1.54, 1.807) is 9.58 Å². The highest BCUT2D eigenvalue weighted by Crippen LogP contribution is 2.25. The van der Waals surface area contributed by atoms with Crippen LogP contribution in [0.3, 0.4) is 0 Å². The van der Waals surface area contributed by atoms with E-state index in [0.717, 1.165) is 22.2 Å². The number of benzene rings is 1. The molecular formula is C19H20N4O4. The molecule has 3 N–H and O–H groups in total. The number of aromatic nitrogens is 3. The summed E-state index contributed by atoms with van der Waals surface area (Å²) in [5.41, 5.74) is 3.23. The van der Waals surface area contributed by atoms with Crippen LogP contribution >= 0.6 is 0 Å². The highest BCUT2D eigenvalue weighted by atomic mass is 16.4. The molecule has 0 saturated carbocycles. The lowest BCUT2D eigenvalue weighted by Gasteiger charge is -2.27. The van der Waals surface area contributed by atoms with Crippen LogP contribution in [0.4, 0.5) is 0 Å². The van der Waals surface area contributed by atoms with Crippen molar-refractivity contribution in [1.29, 1.82) is 0 Å². The highest BCUT2D eigenvalue weighted by Gasteiger charge is 2.30. The van der Waals surface area contributed by atoms with Crippen molar-refractivity contribution in [3.05, 3.63) is 53.0 Å². The average Bonchev–Trinajstić information content (AvgIpc) is 3.24. The van der Waals surface area contributed by atoms with Crippen molar-refractivity contribution in [3.8, 4) is 0 Å². The zero-order valence-corrected chi connectivity index (χ0v) is 14.7. The Balaban J connectivity index is 1.57. The summed E-state index contributed by atoms with van der Waals surface area (Å²) in [6.07, 6.45) is 2.63. The van der Waals surface area contributed by atoms with Gasteiger partial charge in [0.15, 0.2) is 5.69 Å². The second-order valence-corrected chi connectivity index (χ2v) is 6.63. The third kappa shape index (κ3) is 3.08. The molecule has 0 saturated heterocycles. The van der Waals surface area contributed by atoms with Crippen LogP contribution in [0.5, 0.6) is 0 Å². The molecule has 140 valence electrons. The number of hydrogen-bond acceptors (Lipinski definition) is 4. The highest BCUT2D eigenvalue weighted by molar-refractivity contribution is 5.90. The Labute approximate surface area is 155 Å². The Hall–Kier alpha value is -3.13. The zero-order valence-electron chi connectivity index (χ0n) is 14.7. The monoisotopic (exact) mass is 368 g/mol. The second-order valence-electron chi connectivity index (χ2n) is 6.63. The number of fused-ring (bicyclic) bond motifs is 2. The van der Waals surface area contributed by atoms with E-state index in [0.29, 0.717) is 18.5 Å². The number of para-hydroxylation sites is 1. The Bertz CT molecular complexity index is 1020. The minimum absolute atomic E-state index is 0.0388. The summed E-state index contributed by atoms with van der Waals surface area (Å²) in [6.45, 7) is 0.864. The Morgan fingerprint density at radius 2 is 2.07 bits per heavy atom. The van der Waals surface area contributed by atoms with Gasteiger partial charge in [-0.05, 0) is 11.6 Å². The molecule has 0 fully saturated rings. The number of carboxylic acids is 1. The van der Waals surface area contributed by atoms with E-state index in [1.165, 1.54) is 0 Å². The van der Waals surface area contributed by atoms with Crippen LogP contribution in [0.25, 0.3) is 10.9 Å². The summed E-state index contributed by atoms with van der Waals surface area (Å²) in [5.74, 6) is -1.16. The number of carboxylic acid groups (broad SMARTS) is 1. The second kappa shape index (κ2) is 6.88. The van der Waals surface area contributed by atoms with Crippen molar-refractivity contribution >= 4 is 22.8 Å².